The van der Waals surface area contributed by atoms with Crippen molar-refractivity contribution in [3.63, 3.8) is 0 Å². The number of aromatic nitrogens is 3. The lowest BCUT2D eigenvalue weighted by molar-refractivity contribution is -0.121. The SMILES string of the molecule is NC1C2CCC(C2)C1C(=O)Nc1ccc(-n2nccn2)cc1. The number of rotatable bonds is 3. The van der Waals surface area contributed by atoms with Crippen molar-refractivity contribution in [1.29, 1.82) is 0 Å². The second-order valence-corrected chi connectivity index (χ2v) is 6.29. The molecule has 2 fully saturated rings. The summed E-state index contributed by atoms with van der Waals surface area (Å²) in [5.41, 5.74) is 7.87. The minimum Gasteiger partial charge on any atom is -0.327 e. The molecule has 1 heterocycles. The average molecular weight is 297 g/mol. The number of nitrogens with two attached hydrogens (primary N) is 1. The fourth-order valence-corrected chi connectivity index (χ4v) is 3.98. The number of carbonyl (C=O) groups is 1. The van der Waals surface area contributed by atoms with Crippen LogP contribution in [0.3, 0.4) is 0 Å². The smallest absolute Gasteiger partial charge is 0.229 e. The van der Waals surface area contributed by atoms with Crippen molar-refractivity contribution in [2.45, 2.75) is 25.3 Å². The van der Waals surface area contributed by atoms with Crippen LogP contribution in [0.15, 0.2) is 36.7 Å². The van der Waals surface area contributed by atoms with Crippen molar-refractivity contribution in [2.24, 2.45) is 23.5 Å². The summed E-state index contributed by atoms with van der Waals surface area (Å²) in [7, 11) is 0. The molecule has 0 spiro atoms. The highest BCUT2D eigenvalue weighted by molar-refractivity contribution is 5.93. The molecule has 4 rings (SSSR count). The molecule has 2 aromatic rings. The van der Waals surface area contributed by atoms with E-state index < -0.39 is 0 Å². The molecule has 2 aliphatic rings. The third-order valence-electron chi connectivity index (χ3n) is 5.07. The maximum absolute atomic E-state index is 12.5. The summed E-state index contributed by atoms with van der Waals surface area (Å²) in [6, 6.07) is 7.53. The number of hydrogen-bond acceptors (Lipinski definition) is 4. The minimum absolute atomic E-state index is 0.0197. The Morgan fingerprint density at radius 2 is 1.82 bits per heavy atom. The quantitative estimate of drug-likeness (QED) is 0.900. The highest BCUT2D eigenvalue weighted by Gasteiger charge is 2.49. The summed E-state index contributed by atoms with van der Waals surface area (Å²) in [5, 5.41) is 11.2. The van der Waals surface area contributed by atoms with Gasteiger partial charge in [0.15, 0.2) is 0 Å². The standard InChI is InChI=1S/C16H19N5O/c17-15-11-2-1-10(9-11)14(15)16(22)20-12-3-5-13(6-4-12)21-18-7-8-19-21/h3-8,10-11,14-15H,1-2,9,17H2,(H,20,22). The molecule has 4 unspecified atom stereocenters. The molecule has 2 saturated carbocycles. The van der Waals surface area contributed by atoms with Crippen molar-refractivity contribution >= 4 is 11.6 Å². The van der Waals surface area contributed by atoms with Crippen LogP contribution in [0.2, 0.25) is 0 Å². The lowest BCUT2D eigenvalue weighted by Crippen LogP contribution is -2.42. The van der Waals surface area contributed by atoms with Crippen LogP contribution >= 0.6 is 0 Å². The molecule has 22 heavy (non-hydrogen) atoms. The Kier molecular flexibility index (Phi) is 3.18. The summed E-state index contributed by atoms with van der Waals surface area (Å²) < 4.78 is 0. The van der Waals surface area contributed by atoms with Crippen molar-refractivity contribution in [3.05, 3.63) is 36.7 Å². The Balaban J connectivity index is 1.46. The van der Waals surface area contributed by atoms with E-state index in [1.807, 2.05) is 24.3 Å². The second-order valence-electron chi connectivity index (χ2n) is 6.29. The van der Waals surface area contributed by atoms with Gasteiger partial charge in [-0.15, -0.1) is 0 Å². The van der Waals surface area contributed by atoms with Gasteiger partial charge in [0, 0.05) is 11.7 Å². The van der Waals surface area contributed by atoms with Gasteiger partial charge in [-0.2, -0.15) is 15.0 Å². The predicted molar refractivity (Wildman–Crippen MR) is 82.3 cm³/mol. The van der Waals surface area contributed by atoms with E-state index >= 15 is 0 Å². The second kappa shape index (κ2) is 5.21. The minimum atomic E-state index is -0.0359. The number of nitrogens with zero attached hydrogens (tertiary/aromatic N) is 3. The van der Waals surface area contributed by atoms with Gasteiger partial charge >= 0.3 is 0 Å². The fourth-order valence-electron chi connectivity index (χ4n) is 3.98. The van der Waals surface area contributed by atoms with E-state index in [-0.39, 0.29) is 17.9 Å². The van der Waals surface area contributed by atoms with Crippen LogP contribution in [-0.2, 0) is 4.79 Å². The van der Waals surface area contributed by atoms with Crippen LogP contribution in [-0.4, -0.2) is 26.9 Å². The van der Waals surface area contributed by atoms with Gasteiger partial charge in [-0.3, -0.25) is 4.79 Å². The van der Waals surface area contributed by atoms with Crippen molar-refractivity contribution < 1.29 is 4.79 Å². The van der Waals surface area contributed by atoms with E-state index in [1.54, 1.807) is 12.4 Å². The van der Waals surface area contributed by atoms with E-state index in [9.17, 15) is 4.79 Å². The normalized spacial score (nSPS) is 29.7. The van der Waals surface area contributed by atoms with E-state index in [0.717, 1.165) is 24.2 Å². The summed E-state index contributed by atoms with van der Waals surface area (Å²) in [5.74, 6) is 1.03. The fraction of sp³-hybridized carbons (Fsp3) is 0.438. The Morgan fingerprint density at radius 1 is 1.14 bits per heavy atom. The Bertz CT molecular complexity index is 664. The first-order valence-corrected chi connectivity index (χ1v) is 7.75. The zero-order valence-corrected chi connectivity index (χ0v) is 12.2. The van der Waals surface area contributed by atoms with Crippen molar-refractivity contribution in [2.75, 3.05) is 5.32 Å². The lowest BCUT2D eigenvalue weighted by atomic mass is 9.84. The van der Waals surface area contributed by atoms with Crippen LogP contribution in [0, 0.1) is 17.8 Å². The van der Waals surface area contributed by atoms with E-state index in [4.69, 9.17) is 5.73 Å². The maximum Gasteiger partial charge on any atom is 0.229 e. The van der Waals surface area contributed by atoms with Crippen molar-refractivity contribution in [3.8, 4) is 5.69 Å². The molecule has 4 atom stereocenters. The van der Waals surface area contributed by atoms with Gasteiger partial charge in [0.1, 0.15) is 0 Å². The monoisotopic (exact) mass is 297 g/mol. The van der Waals surface area contributed by atoms with E-state index in [1.165, 1.54) is 11.2 Å². The summed E-state index contributed by atoms with van der Waals surface area (Å²) in [4.78, 5) is 14.0. The zero-order chi connectivity index (χ0) is 15.1. The molecule has 0 aliphatic heterocycles. The first-order valence-electron chi connectivity index (χ1n) is 7.75. The van der Waals surface area contributed by atoms with Crippen LogP contribution in [0.4, 0.5) is 5.69 Å². The largest absolute Gasteiger partial charge is 0.327 e. The third kappa shape index (κ3) is 2.20. The van der Waals surface area contributed by atoms with Gasteiger partial charge in [-0.25, -0.2) is 0 Å². The number of anilines is 1. The number of amides is 1. The number of fused-ring (bicyclic) bond motifs is 2. The van der Waals surface area contributed by atoms with Crippen molar-refractivity contribution in [1.82, 2.24) is 15.0 Å². The molecule has 6 heteroatoms. The maximum atomic E-state index is 12.5. The molecule has 2 aliphatic carbocycles. The first kappa shape index (κ1) is 13.5. The lowest BCUT2D eigenvalue weighted by Gasteiger charge is -2.27. The molecule has 1 aromatic carbocycles. The molecule has 2 bridgehead atoms. The highest BCUT2D eigenvalue weighted by atomic mass is 16.2. The molecular weight excluding hydrogens is 278 g/mol. The first-order chi connectivity index (χ1) is 10.7. The number of nitrogens with one attached hydrogen (secondary N) is 1. The predicted octanol–water partition coefficient (Wildman–Crippen LogP) is 1.58. The molecule has 1 amide bonds. The summed E-state index contributed by atoms with van der Waals surface area (Å²) >= 11 is 0. The molecule has 6 nitrogen and oxygen atoms in total. The molecule has 1 aromatic heterocycles. The number of hydrogen-bond donors (Lipinski definition) is 2. The van der Waals surface area contributed by atoms with Gasteiger partial charge < -0.3 is 11.1 Å². The Labute approximate surface area is 128 Å². The van der Waals surface area contributed by atoms with Crippen LogP contribution in [0.5, 0.6) is 0 Å². The molecular formula is C16H19N5O. The molecule has 0 saturated heterocycles. The number of carbonyl (C=O) groups excluding carboxylic acids is 1. The van der Waals surface area contributed by atoms with Gasteiger partial charge in [0.05, 0.1) is 24.0 Å². The van der Waals surface area contributed by atoms with Gasteiger partial charge in [0.25, 0.3) is 0 Å². The third-order valence-corrected chi connectivity index (χ3v) is 5.07. The molecule has 3 N–H and O–H groups in total. The average Bonchev–Trinajstić information content (AvgIpc) is 3.25. The van der Waals surface area contributed by atoms with Crippen LogP contribution < -0.4 is 11.1 Å². The topological polar surface area (TPSA) is 85.8 Å². The van der Waals surface area contributed by atoms with Crippen LogP contribution in [0.25, 0.3) is 5.69 Å². The summed E-state index contributed by atoms with van der Waals surface area (Å²) in [6.45, 7) is 0. The van der Waals surface area contributed by atoms with Gasteiger partial charge in [-0.05, 0) is 55.4 Å². The van der Waals surface area contributed by atoms with E-state index in [2.05, 4.69) is 15.5 Å². The highest BCUT2D eigenvalue weighted by Crippen LogP contribution is 2.47. The van der Waals surface area contributed by atoms with Gasteiger partial charge in [0.2, 0.25) is 5.91 Å². The zero-order valence-electron chi connectivity index (χ0n) is 12.2. The Morgan fingerprint density at radius 3 is 2.45 bits per heavy atom. The van der Waals surface area contributed by atoms with E-state index in [0.29, 0.717) is 11.8 Å². The Hall–Kier alpha value is -2.21. The molecule has 0 radical (unpaired) electrons. The number of benzene rings is 1. The van der Waals surface area contributed by atoms with Crippen LogP contribution in [0.1, 0.15) is 19.3 Å². The summed E-state index contributed by atoms with van der Waals surface area (Å²) in [6.07, 6.45) is 6.70. The molecule has 114 valence electrons. The van der Waals surface area contributed by atoms with Gasteiger partial charge in [-0.1, -0.05) is 0 Å².